The summed E-state index contributed by atoms with van der Waals surface area (Å²) in [6, 6.07) is 0.794. The predicted molar refractivity (Wildman–Crippen MR) is 40.5 cm³/mol. The van der Waals surface area contributed by atoms with Gasteiger partial charge in [0.25, 0.3) is 0 Å². The van der Waals surface area contributed by atoms with Crippen molar-refractivity contribution >= 4 is 0 Å². The zero-order chi connectivity index (χ0) is 6.53. The van der Waals surface area contributed by atoms with Gasteiger partial charge in [0.1, 0.15) is 0 Å². The van der Waals surface area contributed by atoms with Crippen LogP contribution in [0.15, 0.2) is 12.7 Å². The number of nitrogens with one attached hydrogen (secondary N) is 1. The normalized spacial score (nSPS) is 26.4. The van der Waals surface area contributed by atoms with Crippen molar-refractivity contribution in [1.82, 2.24) is 5.32 Å². The highest BCUT2D eigenvalue weighted by atomic mass is 14.9. The largest absolute Gasteiger partial charge is 0.314 e. The molecule has 0 bridgehead atoms. The van der Waals surface area contributed by atoms with E-state index in [1.807, 2.05) is 6.08 Å². The molecule has 1 fully saturated rings. The van der Waals surface area contributed by atoms with Crippen LogP contribution in [0.4, 0.5) is 0 Å². The second-order valence-electron chi connectivity index (χ2n) is 2.66. The highest BCUT2D eigenvalue weighted by Crippen LogP contribution is 2.10. The van der Waals surface area contributed by atoms with Gasteiger partial charge >= 0.3 is 0 Å². The Morgan fingerprint density at radius 2 is 2.56 bits per heavy atom. The second kappa shape index (κ2) is 3.67. The first kappa shape index (κ1) is 6.81. The fourth-order valence-electron chi connectivity index (χ4n) is 1.32. The lowest BCUT2D eigenvalue weighted by atomic mass is 10.1. The number of hydrogen-bond donors (Lipinski definition) is 1. The van der Waals surface area contributed by atoms with Crippen LogP contribution in [0.5, 0.6) is 0 Å². The Kier molecular flexibility index (Phi) is 2.78. The van der Waals surface area contributed by atoms with Gasteiger partial charge in [0.2, 0.25) is 0 Å². The van der Waals surface area contributed by atoms with Gasteiger partial charge in [-0.05, 0) is 32.2 Å². The van der Waals surface area contributed by atoms with Crippen molar-refractivity contribution in [3.8, 4) is 0 Å². The van der Waals surface area contributed by atoms with E-state index in [4.69, 9.17) is 0 Å². The molecular weight excluding hydrogens is 110 g/mol. The standard InChI is InChI=1S/C8H15N/c1-2-3-5-8-6-4-7-9-8/h2,8-9H,1,3-7H2/t8-/m1/s1. The average molecular weight is 125 g/mol. The summed E-state index contributed by atoms with van der Waals surface area (Å²) in [5.74, 6) is 0. The molecule has 1 heteroatoms. The van der Waals surface area contributed by atoms with Crippen LogP contribution in [-0.2, 0) is 0 Å². The minimum absolute atomic E-state index is 0.794. The van der Waals surface area contributed by atoms with Crippen molar-refractivity contribution in [3.05, 3.63) is 12.7 Å². The van der Waals surface area contributed by atoms with Gasteiger partial charge in [-0.25, -0.2) is 0 Å². The maximum Gasteiger partial charge on any atom is 0.00704 e. The predicted octanol–water partition coefficient (Wildman–Crippen LogP) is 1.70. The molecule has 0 unspecified atom stereocenters. The van der Waals surface area contributed by atoms with E-state index in [2.05, 4.69) is 11.9 Å². The van der Waals surface area contributed by atoms with Crippen LogP contribution < -0.4 is 5.32 Å². The molecule has 0 aromatic rings. The summed E-state index contributed by atoms with van der Waals surface area (Å²) in [7, 11) is 0. The lowest BCUT2D eigenvalue weighted by molar-refractivity contribution is 0.565. The molecule has 0 radical (unpaired) electrons. The molecule has 0 aromatic heterocycles. The van der Waals surface area contributed by atoms with E-state index in [0.717, 1.165) is 12.5 Å². The van der Waals surface area contributed by atoms with Crippen LogP contribution in [0.25, 0.3) is 0 Å². The molecule has 1 aliphatic rings. The third kappa shape index (κ3) is 2.19. The van der Waals surface area contributed by atoms with Gasteiger partial charge in [-0.15, -0.1) is 6.58 Å². The van der Waals surface area contributed by atoms with Crippen LogP contribution in [0.2, 0.25) is 0 Å². The third-order valence-corrected chi connectivity index (χ3v) is 1.88. The maximum absolute atomic E-state index is 3.69. The fraction of sp³-hybridized carbons (Fsp3) is 0.750. The van der Waals surface area contributed by atoms with E-state index in [-0.39, 0.29) is 0 Å². The summed E-state index contributed by atoms with van der Waals surface area (Å²) in [6.07, 6.45) is 7.18. The van der Waals surface area contributed by atoms with Crippen molar-refractivity contribution in [2.45, 2.75) is 31.7 Å². The summed E-state index contributed by atoms with van der Waals surface area (Å²) < 4.78 is 0. The van der Waals surface area contributed by atoms with E-state index in [9.17, 15) is 0 Å². The Morgan fingerprint density at radius 3 is 3.11 bits per heavy atom. The van der Waals surface area contributed by atoms with E-state index in [1.165, 1.54) is 25.8 Å². The first-order valence-corrected chi connectivity index (χ1v) is 3.78. The second-order valence-corrected chi connectivity index (χ2v) is 2.66. The van der Waals surface area contributed by atoms with Crippen LogP contribution in [0.1, 0.15) is 25.7 Å². The van der Waals surface area contributed by atoms with Crippen LogP contribution >= 0.6 is 0 Å². The molecule has 0 saturated carbocycles. The molecule has 1 atom stereocenters. The average Bonchev–Trinajstić information content (AvgIpc) is 2.34. The molecule has 0 spiro atoms. The molecule has 0 aliphatic carbocycles. The first-order chi connectivity index (χ1) is 4.43. The third-order valence-electron chi connectivity index (χ3n) is 1.88. The smallest absolute Gasteiger partial charge is 0.00704 e. The van der Waals surface area contributed by atoms with Gasteiger partial charge in [0.05, 0.1) is 0 Å². The van der Waals surface area contributed by atoms with E-state index in [0.29, 0.717) is 0 Å². The van der Waals surface area contributed by atoms with E-state index in [1.54, 1.807) is 0 Å². The van der Waals surface area contributed by atoms with Crippen LogP contribution in [0.3, 0.4) is 0 Å². The number of hydrogen-bond acceptors (Lipinski definition) is 1. The zero-order valence-electron chi connectivity index (χ0n) is 5.90. The van der Waals surface area contributed by atoms with Crippen LogP contribution in [-0.4, -0.2) is 12.6 Å². The Hall–Kier alpha value is -0.300. The fourth-order valence-corrected chi connectivity index (χ4v) is 1.32. The van der Waals surface area contributed by atoms with Crippen molar-refractivity contribution < 1.29 is 0 Å². The van der Waals surface area contributed by atoms with Gasteiger partial charge in [-0.1, -0.05) is 6.08 Å². The Morgan fingerprint density at radius 1 is 1.67 bits per heavy atom. The molecular formula is C8H15N. The van der Waals surface area contributed by atoms with Crippen LogP contribution in [0, 0.1) is 0 Å². The zero-order valence-corrected chi connectivity index (χ0v) is 5.90. The highest BCUT2D eigenvalue weighted by Gasteiger charge is 2.11. The molecule has 9 heavy (non-hydrogen) atoms. The van der Waals surface area contributed by atoms with Crippen molar-refractivity contribution in [2.75, 3.05) is 6.54 Å². The Bertz CT molecular complexity index is 82.6. The van der Waals surface area contributed by atoms with Gasteiger partial charge in [-0.2, -0.15) is 0 Å². The molecule has 1 nitrogen and oxygen atoms in total. The van der Waals surface area contributed by atoms with Crippen molar-refractivity contribution in [2.24, 2.45) is 0 Å². The van der Waals surface area contributed by atoms with Gasteiger partial charge in [-0.3, -0.25) is 0 Å². The molecule has 1 aliphatic heterocycles. The summed E-state index contributed by atoms with van der Waals surface area (Å²) in [6.45, 7) is 4.92. The van der Waals surface area contributed by atoms with Crippen molar-refractivity contribution in [3.63, 3.8) is 0 Å². The SMILES string of the molecule is C=CCC[C@@H]1CCCN1. The molecule has 1 N–H and O–H groups in total. The molecule has 0 aromatic carbocycles. The lowest BCUT2D eigenvalue weighted by Crippen LogP contribution is -2.20. The molecule has 1 saturated heterocycles. The molecule has 52 valence electrons. The minimum Gasteiger partial charge on any atom is -0.314 e. The number of rotatable bonds is 3. The van der Waals surface area contributed by atoms with Crippen molar-refractivity contribution in [1.29, 1.82) is 0 Å². The Balaban J connectivity index is 2.04. The summed E-state index contributed by atoms with van der Waals surface area (Å²) in [4.78, 5) is 0. The summed E-state index contributed by atoms with van der Waals surface area (Å²) in [5.41, 5.74) is 0. The van der Waals surface area contributed by atoms with E-state index < -0.39 is 0 Å². The Labute approximate surface area is 57.1 Å². The summed E-state index contributed by atoms with van der Waals surface area (Å²) in [5, 5.41) is 3.44. The quantitative estimate of drug-likeness (QED) is 0.566. The van der Waals surface area contributed by atoms with Gasteiger partial charge in [0.15, 0.2) is 0 Å². The molecule has 0 amide bonds. The molecule has 1 rings (SSSR count). The monoisotopic (exact) mass is 125 g/mol. The number of allylic oxidation sites excluding steroid dienone is 1. The van der Waals surface area contributed by atoms with Gasteiger partial charge in [0, 0.05) is 6.04 Å². The van der Waals surface area contributed by atoms with E-state index >= 15 is 0 Å². The first-order valence-electron chi connectivity index (χ1n) is 3.78. The molecule has 1 heterocycles. The van der Waals surface area contributed by atoms with Gasteiger partial charge < -0.3 is 5.32 Å². The summed E-state index contributed by atoms with van der Waals surface area (Å²) >= 11 is 0. The topological polar surface area (TPSA) is 12.0 Å². The lowest BCUT2D eigenvalue weighted by Gasteiger charge is -2.05. The highest BCUT2D eigenvalue weighted by molar-refractivity contribution is 4.77. The minimum atomic E-state index is 0.794. The maximum atomic E-state index is 3.69.